The summed E-state index contributed by atoms with van der Waals surface area (Å²) in [6, 6.07) is 4.28. The van der Waals surface area contributed by atoms with Crippen molar-refractivity contribution in [3.8, 4) is 0 Å². The number of aliphatic hydroxyl groups is 1. The van der Waals surface area contributed by atoms with Crippen molar-refractivity contribution >= 4 is 33.2 Å². The van der Waals surface area contributed by atoms with Gasteiger partial charge in [0.05, 0.1) is 17.2 Å². The second-order valence-corrected chi connectivity index (χ2v) is 7.32. The highest BCUT2D eigenvalue weighted by molar-refractivity contribution is 7.89. The predicted octanol–water partition coefficient (Wildman–Crippen LogP) is 2.58. The van der Waals surface area contributed by atoms with Gasteiger partial charge in [-0.15, -0.1) is 0 Å². The zero-order valence-corrected chi connectivity index (χ0v) is 12.5. The van der Waals surface area contributed by atoms with Crippen molar-refractivity contribution in [1.82, 2.24) is 4.72 Å². The van der Waals surface area contributed by atoms with Crippen LogP contribution in [0.15, 0.2) is 23.1 Å². The SMILES string of the molecule is O=S(=O)(NC1(CO)CCCC1)c1cc(Cl)ccc1Cl. The molecule has 1 saturated carbocycles. The van der Waals surface area contributed by atoms with Gasteiger partial charge in [-0.3, -0.25) is 0 Å². The summed E-state index contributed by atoms with van der Waals surface area (Å²) in [6.07, 6.45) is 3.04. The lowest BCUT2D eigenvalue weighted by atomic mass is 10.0. The molecule has 0 amide bonds. The highest BCUT2D eigenvalue weighted by Crippen LogP contribution is 2.32. The Morgan fingerprint density at radius 2 is 1.89 bits per heavy atom. The Balaban J connectivity index is 2.34. The van der Waals surface area contributed by atoms with Gasteiger partial charge in [-0.2, -0.15) is 0 Å². The molecule has 1 aliphatic rings. The molecule has 4 nitrogen and oxygen atoms in total. The lowest BCUT2D eigenvalue weighted by Crippen LogP contribution is -2.49. The van der Waals surface area contributed by atoms with E-state index in [1.54, 1.807) is 0 Å². The van der Waals surface area contributed by atoms with Gasteiger partial charge in [-0.1, -0.05) is 36.0 Å². The molecule has 1 aromatic rings. The third-order valence-corrected chi connectivity index (χ3v) is 5.69. The van der Waals surface area contributed by atoms with Gasteiger partial charge in [0.1, 0.15) is 4.90 Å². The Morgan fingerprint density at radius 1 is 1.26 bits per heavy atom. The van der Waals surface area contributed by atoms with Crippen LogP contribution in [0.2, 0.25) is 10.0 Å². The first kappa shape index (κ1) is 15.1. The molecule has 19 heavy (non-hydrogen) atoms. The van der Waals surface area contributed by atoms with Crippen molar-refractivity contribution in [2.45, 2.75) is 36.1 Å². The molecule has 0 aromatic heterocycles. The zero-order valence-electron chi connectivity index (χ0n) is 10.2. The van der Waals surface area contributed by atoms with Crippen molar-refractivity contribution in [2.24, 2.45) is 0 Å². The summed E-state index contributed by atoms with van der Waals surface area (Å²) in [5.74, 6) is 0. The monoisotopic (exact) mass is 323 g/mol. The first-order valence-electron chi connectivity index (χ1n) is 5.98. The topological polar surface area (TPSA) is 66.4 Å². The third kappa shape index (κ3) is 3.23. The fraction of sp³-hybridized carbons (Fsp3) is 0.500. The van der Waals surface area contributed by atoms with E-state index in [2.05, 4.69) is 4.72 Å². The molecule has 0 heterocycles. The highest BCUT2D eigenvalue weighted by atomic mass is 35.5. The maximum absolute atomic E-state index is 12.4. The van der Waals surface area contributed by atoms with E-state index < -0.39 is 15.6 Å². The molecule has 0 aliphatic heterocycles. The van der Waals surface area contributed by atoms with E-state index in [-0.39, 0.29) is 16.5 Å². The normalized spacial score (nSPS) is 18.7. The quantitative estimate of drug-likeness (QED) is 0.894. The van der Waals surface area contributed by atoms with Crippen molar-refractivity contribution in [3.05, 3.63) is 28.2 Å². The summed E-state index contributed by atoms with van der Waals surface area (Å²) in [5.41, 5.74) is -0.773. The smallest absolute Gasteiger partial charge is 0.242 e. The number of hydrogen-bond acceptors (Lipinski definition) is 3. The van der Waals surface area contributed by atoms with Crippen LogP contribution in [-0.2, 0) is 10.0 Å². The van der Waals surface area contributed by atoms with Crippen LogP contribution < -0.4 is 4.72 Å². The lowest BCUT2D eigenvalue weighted by Gasteiger charge is -2.27. The van der Waals surface area contributed by atoms with Crippen LogP contribution in [0.4, 0.5) is 0 Å². The second-order valence-electron chi connectivity index (χ2n) is 4.83. The number of rotatable bonds is 4. The fourth-order valence-corrected chi connectivity index (χ4v) is 4.58. The molecule has 0 saturated heterocycles. The molecular weight excluding hydrogens is 309 g/mol. The summed E-state index contributed by atoms with van der Waals surface area (Å²) >= 11 is 11.7. The van der Waals surface area contributed by atoms with Crippen LogP contribution in [-0.4, -0.2) is 25.7 Å². The third-order valence-electron chi connectivity index (χ3n) is 3.40. The molecule has 0 unspecified atom stereocenters. The summed E-state index contributed by atoms with van der Waals surface area (Å²) in [7, 11) is -3.79. The standard InChI is InChI=1S/C12H15Cl2NO3S/c13-9-3-4-10(14)11(7-9)19(17,18)15-12(8-16)5-1-2-6-12/h3-4,7,15-16H,1-2,5-6,8H2. The van der Waals surface area contributed by atoms with Crippen molar-refractivity contribution in [3.63, 3.8) is 0 Å². The summed E-state index contributed by atoms with van der Waals surface area (Å²) in [4.78, 5) is -0.0543. The minimum absolute atomic E-state index is 0.0543. The minimum Gasteiger partial charge on any atom is -0.394 e. The van der Waals surface area contributed by atoms with Gasteiger partial charge in [-0.25, -0.2) is 13.1 Å². The molecule has 1 aromatic carbocycles. The first-order valence-corrected chi connectivity index (χ1v) is 8.22. The molecule has 2 rings (SSSR count). The van der Waals surface area contributed by atoms with Crippen molar-refractivity contribution in [2.75, 3.05) is 6.61 Å². The van der Waals surface area contributed by atoms with E-state index >= 15 is 0 Å². The largest absolute Gasteiger partial charge is 0.394 e. The van der Waals surface area contributed by atoms with Gasteiger partial charge in [-0.05, 0) is 31.0 Å². The van der Waals surface area contributed by atoms with E-state index in [0.717, 1.165) is 12.8 Å². The van der Waals surface area contributed by atoms with E-state index in [0.29, 0.717) is 17.9 Å². The molecule has 1 fully saturated rings. The van der Waals surface area contributed by atoms with Gasteiger partial charge in [0.2, 0.25) is 10.0 Å². The van der Waals surface area contributed by atoms with Crippen molar-refractivity contribution < 1.29 is 13.5 Å². The molecule has 0 bridgehead atoms. The Kier molecular flexibility index (Phi) is 4.42. The molecule has 0 radical (unpaired) electrons. The number of hydrogen-bond donors (Lipinski definition) is 2. The van der Waals surface area contributed by atoms with Crippen LogP contribution in [0.25, 0.3) is 0 Å². The Labute approximate surface area is 122 Å². The van der Waals surface area contributed by atoms with Crippen LogP contribution in [0, 0.1) is 0 Å². The number of sulfonamides is 1. The minimum atomic E-state index is -3.79. The average molecular weight is 324 g/mol. The lowest BCUT2D eigenvalue weighted by molar-refractivity contribution is 0.185. The number of aliphatic hydroxyl groups excluding tert-OH is 1. The number of benzene rings is 1. The summed E-state index contributed by atoms with van der Waals surface area (Å²) in [6.45, 7) is -0.218. The Bertz CT molecular complexity index is 568. The van der Waals surface area contributed by atoms with Gasteiger partial charge in [0.25, 0.3) is 0 Å². The molecule has 1 aliphatic carbocycles. The number of halogens is 2. The van der Waals surface area contributed by atoms with E-state index in [9.17, 15) is 13.5 Å². The molecule has 2 N–H and O–H groups in total. The van der Waals surface area contributed by atoms with Gasteiger partial charge < -0.3 is 5.11 Å². The molecular formula is C12H15Cl2NO3S. The van der Waals surface area contributed by atoms with E-state index in [1.165, 1.54) is 18.2 Å². The van der Waals surface area contributed by atoms with Gasteiger partial charge in [0.15, 0.2) is 0 Å². The summed E-state index contributed by atoms with van der Waals surface area (Å²) < 4.78 is 27.3. The second kappa shape index (κ2) is 5.58. The average Bonchev–Trinajstić information content (AvgIpc) is 2.80. The summed E-state index contributed by atoms with van der Waals surface area (Å²) in [5, 5.41) is 9.88. The number of nitrogens with one attached hydrogen (secondary N) is 1. The highest BCUT2D eigenvalue weighted by Gasteiger charge is 2.38. The van der Waals surface area contributed by atoms with E-state index in [4.69, 9.17) is 23.2 Å². The van der Waals surface area contributed by atoms with E-state index in [1.807, 2.05) is 0 Å². The van der Waals surface area contributed by atoms with Crippen LogP contribution >= 0.6 is 23.2 Å². The molecule has 106 valence electrons. The van der Waals surface area contributed by atoms with Crippen LogP contribution in [0.1, 0.15) is 25.7 Å². The molecule has 7 heteroatoms. The molecule has 0 spiro atoms. The Hall–Kier alpha value is -0.330. The van der Waals surface area contributed by atoms with Crippen LogP contribution in [0.3, 0.4) is 0 Å². The first-order chi connectivity index (χ1) is 8.88. The van der Waals surface area contributed by atoms with Crippen LogP contribution in [0.5, 0.6) is 0 Å². The fourth-order valence-electron chi connectivity index (χ4n) is 2.37. The zero-order chi connectivity index (χ0) is 14.1. The van der Waals surface area contributed by atoms with Gasteiger partial charge in [0, 0.05) is 5.02 Å². The van der Waals surface area contributed by atoms with Crippen molar-refractivity contribution in [1.29, 1.82) is 0 Å². The predicted molar refractivity (Wildman–Crippen MR) is 75.1 cm³/mol. The molecule has 0 atom stereocenters. The maximum atomic E-state index is 12.4. The van der Waals surface area contributed by atoms with Gasteiger partial charge >= 0.3 is 0 Å². The maximum Gasteiger partial charge on any atom is 0.242 e. The Morgan fingerprint density at radius 3 is 2.47 bits per heavy atom.